The molecule has 1 aromatic carbocycles. The van der Waals surface area contributed by atoms with Crippen LogP contribution in [0.2, 0.25) is 0 Å². The van der Waals surface area contributed by atoms with E-state index in [1.165, 1.54) is 0 Å². The molecule has 2 atom stereocenters. The fraction of sp³-hybridized carbons (Fsp3) is 0.417. The van der Waals surface area contributed by atoms with Crippen molar-refractivity contribution in [2.24, 2.45) is 5.92 Å². The molecule has 5 nitrogen and oxygen atoms in total. The molecule has 2 unspecified atom stereocenters. The number of rotatable bonds is 4. The Morgan fingerprint density at radius 1 is 1.41 bits per heavy atom. The van der Waals surface area contributed by atoms with Crippen molar-refractivity contribution in [2.75, 3.05) is 6.79 Å². The number of benzene rings is 1. The summed E-state index contributed by atoms with van der Waals surface area (Å²) in [6.07, 6.45) is 0.722. The second-order valence-corrected chi connectivity index (χ2v) is 4.36. The summed E-state index contributed by atoms with van der Waals surface area (Å²) in [5.41, 5.74) is 1.07. The van der Waals surface area contributed by atoms with Crippen LogP contribution in [0.1, 0.15) is 12.0 Å². The number of ether oxygens (including phenoxy) is 2. The highest BCUT2D eigenvalue weighted by Crippen LogP contribution is 2.33. The zero-order valence-electron chi connectivity index (χ0n) is 9.18. The summed E-state index contributed by atoms with van der Waals surface area (Å²) < 4.78 is 10.5. The Bertz CT molecular complexity index is 460. The fourth-order valence-corrected chi connectivity index (χ4v) is 1.99. The van der Waals surface area contributed by atoms with E-state index in [0.717, 1.165) is 23.5 Å². The van der Waals surface area contributed by atoms with Crippen molar-refractivity contribution in [3.63, 3.8) is 0 Å². The van der Waals surface area contributed by atoms with Crippen LogP contribution in [-0.2, 0) is 11.3 Å². The van der Waals surface area contributed by atoms with Gasteiger partial charge in [0.1, 0.15) is 0 Å². The minimum absolute atomic E-state index is 0.109. The molecule has 1 heterocycles. The Balaban J connectivity index is 1.58. The van der Waals surface area contributed by atoms with E-state index in [0.29, 0.717) is 6.54 Å². The average Bonchev–Trinajstić information content (AvgIpc) is 2.95. The third-order valence-electron chi connectivity index (χ3n) is 3.11. The van der Waals surface area contributed by atoms with Gasteiger partial charge in [0.15, 0.2) is 11.5 Å². The first-order chi connectivity index (χ1) is 8.24. The predicted molar refractivity (Wildman–Crippen MR) is 58.9 cm³/mol. The molecule has 0 bridgehead atoms. The first kappa shape index (κ1) is 10.4. The van der Waals surface area contributed by atoms with Crippen molar-refractivity contribution >= 4 is 5.97 Å². The van der Waals surface area contributed by atoms with E-state index in [-0.39, 0.29) is 18.8 Å². The third-order valence-corrected chi connectivity index (χ3v) is 3.11. The SMILES string of the molecule is O=C(O)C1CC1NCc1ccc2c(c1)OCO2. The van der Waals surface area contributed by atoms with Crippen molar-refractivity contribution in [2.45, 2.75) is 19.0 Å². The normalized spacial score (nSPS) is 24.7. The molecule has 17 heavy (non-hydrogen) atoms. The number of carbonyl (C=O) groups is 1. The second-order valence-electron chi connectivity index (χ2n) is 4.36. The first-order valence-corrected chi connectivity index (χ1v) is 5.59. The molecule has 1 aliphatic heterocycles. The molecule has 2 aliphatic rings. The lowest BCUT2D eigenvalue weighted by Gasteiger charge is -2.04. The summed E-state index contributed by atoms with van der Waals surface area (Å²) in [6.45, 7) is 0.932. The lowest BCUT2D eigenvalue weighted by Crippen LogP contribution is -2.19. The average molecular weight is 235 g/mol. The van der Waals surface area contributed by atoms with E-state index in [1.54, 1.807) is 0 Å². The number of fused-ring (bicyclic) bond motifs is 1. The quantitative estimate of drug-likeness (QED) is 0.814. The number of aliphatic carboxylic acids is 1. The van der Waals surface area contributed by atoms with Gasteiger partial charge in [-0.3, -0.25) is 4.79 Å². The Morgan fingerprint density at radius 3 is 3.00 bits per heavy atom. The Morgan fingerprint density at radius 2 is 2.24 bits per heavy atom. The van der Waals surface area contributed by atoms with Gasteiger partial charge in [0.2, 0.25) is 6.79 Å². The van der Waals surface area contributed by atoms with Crippen LogP contribution in [0.4, 0.5) is 0 Å². The Hall–Kier alpha value is -1.75. The van der Waals surface area contributed by atoms with Crippen molar-refractivity contribution in [1.29, 1.82) is 0 Å². The summed E-state index contributed by atoms with van der Waals surface area (Å²) in [7, 11) is 0. The number of hydrogen-bond donors (Lipinski definition) is 2. The van der Waals surface area contributed by atoms with E-state index in [9.17, 15) is 4.79 Å². The van der Waals surface area contributed by atoms with Crippen LogP contribution in [0.3, 0.4) is 0 Å². The molecule has 1 aliphatic carbocycles. The molecule has 0 radical (unpaired) electrons. The van der Waals surface area contributed by atoms with Crippen molar-refractivity contribution in [3.05, 3.63) is 23.8 Å². The zero-order chi connectivity index (χ0) is 11.8. The highest BCUT2D eigenvalue weighted by molar-refractivity contribution is 5.74. The van der Waals surface area contributed by atoms with Gasteiger partial charge in [-0.05, 0) is 24.1 Å². The molecule has 1 fully saturated rings. The Kier molecular flexibility index (Phi) is 2.40. The molecular weight excluding hydrogens is 222 g/mol. The van der Waals surface area contributed by atoms with Gasteiger partial charge in [0, 0.05) is 12.6 Å². The van der Waals surface area contributed by atoms with E-state index in [2.05, 4.69) is 5.32 Å². The van der Waals surface area contributed by atoms with Crippen molar-refractivity contribution in [1.82, 2.24) is 5.32 Å². The van der Waals surface area contributed by atoms with E-state index < -0.39 is 5.97 Å². The van der Waals surface area contributed by atoms with Crippen LogP contribution in [-0.4, -0.2) is 23.9 Å². The number of carboxylic acids is 1. The van der Waals surface area contributed by atoms with Crippen LogP contribution in [0.15, 0.2) is 18.2 Å². The molecule has 0 aromatic heterocycles. The van der Waals surface area contributed by atoms with Gasteiger partial charge in [-0.25, -0.2) is 0 Å². The van der Waals surface area contributed by atoms with Crippen molar-refractivity contribution < 1.29 is 19.4 Å². The molecule has 0 amide bonds. The largest absolute Gasteiger partial charge is 0.481 e. The summed E-state index contributed by atoms with van der Waals surface area (Å²) in [6, 6.07) is 5.87. The van der Waals surface area contributed by atoms with Gasteiger partial charge in [-0.1, -0.05) is 6.07 Å². The van der Waals surface area contributed by atoms with Crippen LogP contribution in [0, 0.1) is 5.92 Å². The van der Waals surface area contributed by atoms with Gasteiger partial charge in [0.05, 0.1) is 5.92 Å². The summed E-state index contributed by atoms with van der Waals surface area (Å²) in [5.74, 6) is 0.593. The highest BCUT2D eigenvalue weighted by atomic mass is 16.7. The van der Waals surface area contributed by atoms with Gasteiger partial charge in [-0.15, -0.1) is 0 Å². The fourth-order valence-electron chi connectivity index (χ4n) is 1.99. The van der Waals surface area contributed by atoms with Gasteiger partial charge < -0.3 is 19.9 Å². The predicted octanol–water partition coefficient (Wildman–Crippen LogP) is 0.978. The summed E-state index contributed by atoms with van der Waals surface area (Å²) in [5, 5.41) is 12.0. The number of nitrogens with one attached hydrogen (secondary N) is 1. The molecule has 1 saturated carbocycles. The highest BCUT2D eigenvalue weighted by Gasteiger charge is 2.42. The molecular formula is C12H13NO4. The number of carboxylic acid groups (broad SMARTS) is 1. The van der Waals surface area contributed by atoms with E-state index in [4.69, 9.17) is 14.6 Å². The molecule has 0 spiro atoms. The topological polar surface area (TPSA) is 67.8 Å². The smallest absolute Gasteiger partial charge is 0.308 e. The maximum Gasteiger partial charge on any atom is 0.308 e. The minimum Gasteiger partial charge on any atom is -0.481 e. The van der Waals surface area contributed by atoms with Crippen LogP contribution < -0.4 is 14.8 Å². The van der Waals surface area contributed by atoms with E-state index in [1.807, 2.05) is 18.2 Å². The molecule has 2 N–H and O–H groups in total. The van der Waals surface area contributed by atoms with Crippen LogP contribution >= 0.6 is 0 Å². The monoisotopic (exact) mass is 235 g/mol. The summed E-state index contributed by atoms with van der Waals surface area (Å²) >= 11 is 0. The molecule has 3 rings (SSSR count). The molecule has 1 aromatic rings. The van der Waals surface area contributed by atoms with E-state index >= 15 is 0 Å². The lowest BCUT2D eigenvalue weighted by molar-refractivity contribution is -0.138. The second kappa shape index (κ2) is 3.92. The van der Waals surface area contributed by atoms with Crippen LogP contribution in [0.25, 0.3) is 0 Å². The number of hydrogen-bond acceptors (Lipinski definition) is 4. The minimum atomic E-state index is -0.715. The van der Waals surface area contributed by atoms with Gasteiger partial charge in [0.25, 0.3) is 0 Å². The summed E-state index contributed by atoms with van der Waals surface area (Å²) in [4.78, 5) is 10.7. The molecule has 5 heteroatoms. The standard InChI is InChI=1S/C12H13NO4/c14-12(15)8-4-9(8)13-5-7-1-2-10-11(3-7)17-6-16-10/h1-3,8-9,13H,4-6H2,(H,14,15). The van der Waals surface area contributed by atoms with Crippen molar-refractivity contribution in [3.8, 4) is 11.5 Å². The van der Waals surface area contributed by atoms with Gasteiger partial charge in [-0.2, -0.15) is 0 Å². The first-order valence-electron chi connectivity index (χ1n) is 5.59. The molecule has 0 saturated heterocycles. The lowest BCUT2D eigenvalue weighted by atomic mass is 10.2. The Labute approximate surface area is 98.3 Å². The maximum absolute atomic E-state index is 10.7. The molecule has 90 valence electrons. The van der Waals surface area contributed by atoms with Gasteiger partial charge >= 0.3 is 5.97 Å². The third kappa shape index (κ3) is 2.06. The maximum atomic E-state index is 10.7. The zero-order valence-corrected chi connectivity index (χ0v) is 9.18. The van der Waals surface area contributed by atoms with Crippen LogP contribution in [0.5, 0.6) is 11.5 Å².